The molecular weight excluding hydrogens is 229 g/mol. The molecule has 1 saturated carbocycles. The number of aromatic nitrogens is 1. The first-order valence-electron chi connectivity index (χ1n) is 6.30. The Labute approximate surface area is 105 Å². The molecule has 1 aliphatic rings. The zero-order valence-electron chi connectivity index (χ0n) is 10.0. The van der Waals surface area contributed by atoms with Gasteiger partial charge in [0.2, 0.25) is 0 Å². The Kier molecular flexibility index (Phi) is 2.82. The van der Waals surface area contributed by atoms with Gasteiger partial charge in [-0.15, -0.1) is 0 Å². The van der Waals surface area contributed by atoms with Crippen LogP contribution in [0.2, 0.25) is 0 Å². The van der Waals surface area contributed by atoms with Crippen molar-refractivity contribution in [1.29, 1.82) is 0 Å². The van der Waals surface area contributed by atoms with Crippen LogP contribution in [-0.4, -0.2) is 10.8 Å². The molecule has 2 aromatic rings. The molecule has 0 radical (unpaired) electrons. The van der Waals surface area contributed by atoms with E-state index in [0.29, 0.717) is 30.1 Å². The first kappa shape index (κ1) is 11.3. The second-order valence-corrected chi connectivity index (χ2v) is 4.85. The van der Waals surface area contributed by atoms with Crippen LogP contribution in [0.5, 0.6) is 0 Å². The number of halogens is 1. The number of hydrogen-bond donors (Lipinski definition) is 0. The Morgan fingerprint density at radius 1 is 1.17 bits per heavy atom. The van der Waals surface area contributed by atoms with Crippen LogP contribution in [-0.2, 0) is 4.79 Å². The number of hydrogen-bond acceptors (Lipinski definition) is 2. The van der Waals surface area contributed by atoms with Gasteiger partial charge in [0.1, 0.15) is 17.1 Å². The highest BCUT2D eigenvalue weighted by Crippen LogP contribution is 2.35. The van der Waals surface area contributed by atoms with Crippen LogP contribution in [0, 0.1) is 5.82 Å². The van der Waals surface area contributed by atoms with Crippen LogP contribution in [0.3, 0.4) is 0 Å². The first-order chi connectivity index (χ1) is 8.75. The molecule has 18 heavy (non-hydrogen) atoms. The molecule has 2 nitrogen and oxygen atoms in total. The van der Waals surface area contributed by atoms with Crippen LogP contribution in [0.15, 0.2) is 30.5 Å². The summed E-state index contributed by atoms with van der Waals surface area (Å²) in [5.74, 6) is 0.423. The number of carbonyl (C=O) groups is 1. The Hall–Kier alpha value is -1.77. The molecule has 1 aliphatic carbocycles. The van der Waals surface area contributed by atoms with E-state index in [4.69, 9.17) is 0 Å². The van der Waals surface area contributed by atoms with Gasteiger partial charge in [-0.05, 0) is 36.5 Å². The molecule has 0 spiro atoms. The molecule has 0 amide bonds. The predicted octanol–water partition coefficient (Wildman–Crippen LogP) is 3.60. The number of Topliss-reactive ketones (excluding diaryl/α,β-unsaturated/α-hetero) is 1. The maximum atomic E-state index is 13.7. The predicted molar refractivity (Wildman–Crippen MR) is 67.9 cm³/mol. The lowest BCUT2D eigenvalue weighted by Crippen LogP contribution is -2.12. The summed E-state index contributed by atoms with van der Waals surface area (Å²) in [5, 5.41) is 0.886. The third-order valence-electron chi connectivity index (χ3n) is 3.74. The average molecular weight is 243 g/mol. The number of carbonyl (C=O) groups excluding carboxylic acids is 1. The molecule has 0 unspecified atom stereocenters. The molecule has 1 heterocycles. The molecule has 3 heteroatoms. The Morgan fingerprint density at radius 2 is 1.94 bits per heavy atom. The van der Waals surface area contributed by atoms with E-state index >= 15 is 0 Å². The van der Waals surface area contributed by atoms with Crippen molar-refractivity contribution in [3.8, 4) is 0 Å². The monoisotopic (exact) mass is 243 g/mol. The van der Waals surface area contributed by atoms with Crippen LogP contribution < -0.4 is 0 Å². The van der Waals surface area contributed by atoms with Gasteiger partial charge in [0.25, 0.3) is 0 Å². The topological polar surface area (TPSA) is 30.0 Å². The molecule has 3 rings (SSSR count). The summed E-state index contributed by atoms with van der Waals surface area (Å²) in [6, 6.07) is 7.08. The van der Waals surface area contributed by atoms with Gasteiger partial charge in [0.15, 0.2) is 0 Å². The van der Waals surface area contributed by atoms with Gasteiger partial charge in [-0.2, -0.15) is 0 Å². The van der Waals surface area contributed by atoms with Gasteiger partial charge < -0.3 is 0 Å². The number of fused-ring (bicyclic) bond motifs is 1. The highest BCUT2D eigenvalue weighted by molar-refractivity contribution is 5.84. The zero-order chi connectivity index (χ0) is 12.5. The van der Waals surface area contributed by atoms with Crippen molar-refractivity contribution in [2.75, 3.05) is 0 Å². The normalized spacial score (nSPS) is 17.3. The average Bonchev–Trinajstić information content (AvgIpc) is 2.41. The molecule has 0 saturated heterocycles. The summed E-state index contributed by atoms with van der Waals surface area (Å²) in [5.41, 5.74) is 1.57. The van der Waals surface area contributed by atoms with Crippen LogP contribution in [0.25, 0.3) is 10.9 Å². The van der Waals surface area contributed by atoms with Crippen molar-refractivity contribution >= 4 is 16.7 Å². The minimum Gasteiger partial charge on any atom is -0.300 e. The third kappa shape index (κ3) is 1.90. The largest absolute Gasteiger partial charge is 0.300 e. The minimum absolute atomic E-state index is 0.277. The number of rotatable bonds is 1. The lowest BCUT2D eigenvalue weighted by molar-refractivity contribution is -0.120. The van der Waals surface area contributed by atoms with E-state index in [1.54, 1.807) is 6.20 Å². The van der Waals surface area contributed by atoms with E-state index in [1.165, 1.54) is 6.07 Å². The number of ketones is 1. The van der Waals surface area contributed by atoms with E-state index in [1.807, 2.05) is 18.2 Å². The molecule has 1 aromatic carbocycles. The fraction of sp³-hybridized carbons (Fsp3) is 0.333. The maximum absolute atomic E-state index is 13.7. The molecule has 0 atom stereocenters. The summed E-state index contributed by atoms with van der Waals surface area (Å²) >= 11 is 0. The first-order valence-corrected chi connectivity index (χ1v) is 6.30. The van der Waals surface area contributed by atoms with Crippen LogP contribution >= 0.6 is 0 Å². The smallest absolute Gasteiger partial charge is 0.149 e. The van der Waals surface area contributed by atoms with E-state index in [2.05, 4.69) is 4.98 Å². The SMILES string of the molecule is O=C1CCC(c2ccc(F)c3ncccc23)CC1. The Bertz CT molecular complexity index is 598. The van der Waals surface area contributed by atoms with E-state index in [-0.39, 0.29) is 5.82 Å². The molecule has 1 aromatic heterocycles. The van der Waals surface area contributed by atoms with Gasteiger partial charge in [-0.3, -0.25) is 9.78 Å². The second kappa shape index (κ2) is 4.48. The van der Waals surface area contributed by atoms with Crippen molar-refractivity contribution in [1.82, 2.24) is 4.98 Å². The second-order valence-electron chi connectivity index (χ2n) is 4.85. The Balaban J connectivity index is 2.07. The van der Waals surface area contributed by atoms with Crippen molar-refractivity contribution in [2.45, 2.75) is 31.6 Å². The third-order valence-corrected chi connectivity index (χ3v) is 3.74. The van der Waals surface area contributed by atoms with Crippen molar-refractivity contribution in [3.05, 3.63) is 41.8 Å². The number of nitrogens with zero attached hydrogens (tertiary/aromatic N) is 1. The molecule has 1 fully saturated rings. The number of pyridine rings is 1. The standard InChI is InChI=1S/C15H14FNO/c16-14-8-7-12(10-3-5-11(18)6-4-10)13-2-1-9-17-15(13)14/h1-2,7-10H,3-6H2. The lowest BCUT2D eigenvalue weighted by Gasteiger charge is -2.22. The van der Waals surface area contributed by atoms with Gasteiger partial charge in [-0.25, -0.2) is 4.39 Å². The summed E-state index contributed by atoms with van der Waals surface area (Å²) in [4.78, 5) is 15.4. The van der Waals surface area contributed by atoms with Gasteiger partial charge in [0, 0.05) is 24.4 Å². The van der Waals surface area contributed by atoms with Crippen molar-refractivity contribution in [3.63, 3.8) is 0 Å². The lowest BCUT2D eigenvalue weighted by atomic mass is 9.82. The van der Waals surface area contributed by atoms with Crippen molar-refractivity contribution in [2.24, 2.45) is 0 Å². The van der Waals surface area contributed by atoms with E-state index < -0.39 is 0 Å². The van der Waals surface area contributed by atoms with E-state index in [9.17, 15) is 9.18 Å². The summed E-state index contributed by atoms with van der Waals surface area (Å²) < 4.78 is 13.7. The molecule has 92 valence electrons. The van der Waals surface area contributed by atoms with Crippen LogP contribution in [0.4, 0.5) is 4.39 Å². The molecule has 0 aliphatic heterocycles. The zero-order valence-corrected chi connectivity index (χ0v) is 10.0. The highest BCUT2D eigenvalue weighted by atomic mass is 19.1. The molecule has 0 N–H and O–H groups in total. The Morgan fingerprint density at radius 3 is 2.72 bits per heavy atom. The van der Waals surface area contributed by atoms with Crippen LogP contribution in [0.1, 0.15) is 37.2 Å². The maximum Gasteiger partial charge on any atom is 0.149 e. The fourth-order valence-electron chi connectivity index (χ4n) is 2.77. The summed E-state index contributed by atoms with van der Waals surface area (Å²) in [6.07, 6.45) is 4.64. The minimum atomic E-state index is -0.277. The van der Waals surface area contributed by atoms with Gasteiger partial charge in [0.05, 0.1) is 0 Å². The fourth-order valence-corrected chi connectivity index (χ4v) is 2.77. The highest BCUT2D eigenvalue weighted by Gasteiger charge is 2.22. The molecule has 0 bridgehead atoms. The van der Waals surface area contributed by atoms with Crippen molar-refractivity contribution < 1.29 is 9.18 Å². The van der Waals surface area contributed by atoms with Gasteiger partial charge >= 0.3 is 0 Å². The number of benzene rings is 1. The summed E-state index contributed by atoms with van der Waals surface area (Å²) in [6.45, 7) is 0. The van der Waals surface area contributed by atoms with Gasteiger partial charge in [-0.1, -0.05) is 12.1 Å². The quantitative estimate of drug-likeness (QED) is 0.766. The molecular formula is C15H14FNO. The van der Waals surface area contributed by atoms with E-state index in [0.717, 1.165) is 23.8 Å². The summed E-state index contributed by atoms with van der Waals surface area (Å²) in [7, 11) is 0.